The molecule has 1 aromatic heterocycles. The highest BCUT2D eigenvalue weighted by Crippen LogP contribution is 2.27. The van der Waals surface area contributed by atoms with Gasteiger partial charge in [-0.3, -0.25) is 0 Å². The van der Waals surface area contributed by atoms with Gasteiger partial charge in [0.1, 0.15) is 11.3 Å². The molecule has 1 fully saturated rings. The van der Waals surface area contributed by atoms with Gasteiger partial charge in [-0.25, -0.2) is 0 Å². The van der Waals surface area contributed by atoms with E-state index in [0.717, 1.165) is 33.7 Å². The quantitative estimate of drug-likeness (QED) is 0.876. The lowest BCUT2D eigenvalue weighted by atomic mass is 10.1. The van der Waals surface area contributed by atoms with Gasteiger partial charge in [0.15, 0.2) is 0 Å². The highest BCUT2D eigenvalue weighted by atomic mass is 79.9. The topological polar surface area (TPSA) is 28.4 Å². The van der Waals surface area contributed by atoms with Crippen LogP contribution in [0.15, 0.2) is 33.2 Å². The first kappa shape index (κ1) is 15.1. The van der Waals surface area contributed by atoms with Crippen molar-refractivity contribution < 1.29 is 4.42 Å². The normalized spacial score (nSPS) is 21.2. The fourth-order valence-electron chi connectivity index (χ4n) is 3.06. The molecule has 3 nitrogen and oxygen atoms in total. The number of rotatable bonds is 5. The second-order valence-electron chi connectivity index (χ2n) is 6.01. The minimum absolute atomic E-state index is 0.256. The molecule has 3 rings (SSSR count). The molecule has 1 N–H and O–H groups in total. The molecule has 2 unspecified atom stereocenters. The van der Waals surface area contributed by atoms with Crippen molar-refractivity contribution >= 4 is 26.9 Å². The maximum Gasteiger partial charge on any atom is 0.134 e. The van der Waals surface area contributed by atoms with Crippen LogP contribution in [0.25, 0.3) is 11.0 Å². The van der Waals surface area contributed by atoms with Crippen LogP contribution >= 0.6 is 15.9 Å². The van der Waals surface area contributed by atoms with E-state index in [9.17, 15) is 0 Å². The lowest BCUT2D eigenvalue weighted by Gasteiger charge is -2.16. The van der Waals surface area contributed by atoms with Gasteiger partial charge in [0.05, 0.1) is 6.04 Å². The summed E-state index contributed by atoms with van der Waals surface area (Å²) in [5, 5.41) is 4.79. The van der Waals surface area contributed by atoms with Crippen LogP contribution in [-0.4, -0.2) is 31.1 Å². The Labute approximate surface area is 134 Å². The van der Waals surface area contributed by atoms with Crippen LogP contribution < -0.4 is 5.32 Å². The minimum Gasteiger partial charge on any atom is -0.459 e. The molecule has 0 aliphatic carbocycles. The van der Waals surface area contributed by atoms with Gasteiger partial charge in [0, 0.05) is 16.4 Å². The van der Waals surface area contributed by atoms with Crippen molar-refractivity contribution in [1.29, 1.82) is 0 Å². The molecule has 1 aromatic carbocycles. The van der Waals surface area contributed by atoms with E-state index < -0.39 is 0 Å². The largest absolute Gasteiger partial charge is 0.459 e. The maximum atomic E-state index is 5.95. The molecule has 21 heavy (non-hydrogen) atoms. The zero-order valence-electron chi connectivity index (χ0n) is 12.7. The van der Waals surface area contributed by atoms with E-state index in [1.165, 1.54) is 26.1 Å². The van der Waals surface area contributed by atoms with E-state index >= 15 is 0 Å². The van der Waals surface area contributed by atoms with Gasteiger partial charge in [0.2, 0.25) is 0 Å². The number of hydrogen-bond acceptors (Lipinski definition) is 3. The second kappa shape index (κ2) is 6.51. The van der Waals surface area contributed by atoms with E-state index in [4.69, 9.17) is 4.42 Å². The Bertz CT molecular complexity index is 610. The maximum absolute atomic E-state index is 5.95. The first-order valence-electron chi connectivity index (χ1n) is 7.80. The smallest absolute Gasteiger partial charge is 0.134 e. The summed E-state index contributed by atoms with van der Waals surface area (Å²) in [5.74, 6) is 1.79. The molecule has 2 atom stereocenters. The van der Waals surface area contributed by atoms with E-state index in [-0.39, 0.29) is 6.04 Å². The standard InChI is InChI=1S/C17H23BrN2O/c1-3-20-7-6-13(11-20)10-19-12(2)17-9-14-8-15(18)4-5-16(14)21-17/h4-5,8-9,12-13,19H,3,6-7,10-11H2,1-2H3. The number of nitrogens with zero attached hydrogens (tertiary/aromatic N) is 1. The number of furan rings is 1. The summed E-state index contributed by atoms with van der Waals surface area (Å²) in [6.07, 6.45) is 1.31. The van der Waals surface area contributed by atoms with Crippen molar-refractivity contribution in [3.05, 3.63) is 34.5 Å². The van der Waals surface area contributed by atoms with Crippen molar-refractivity contribution in [1.82, 2.24) is 10.2 Å². The predicted octanol–water partition coefficient (Wildman–Crippen LogP) is 4.19. The summed E-state index contributed by atoms with van der Waals surface area (Å²) in [6.45, 7) is 9.13. The second-order valence-corrected chi connectivity index (χ2v) is 6.92. The van der Waals surface area contributed by atoms with Gasteiger partial charge in [-0.1, -0.05) is 22.9 Å². The molecule has 1 saturated heterocycles. The molecule has 0 radical (unpaired) electrons. The van der Waals surface area contributed by atoms with Crippen molar-refractivity contribution in [3.8, 4) is 0 Å². The van der Waals surface area contributed by atoms with Crippen LogP contribution in [0.1, 0.15) is 32.1 Å². The minimum atomic E-state index is 0.256. The average Bonchev–Trinajstić information content (AvgIpc) is 3.10. The first-order valence-corrected chi connectivity index (χ1v) is 8.59. The Morgan fingerprint density at radius 3 is 3.05 bits per heavy atom. The van der Waals surface area contributed by atoms with E-state index in [0.29, 0.717) is 0 Å². The lowest BCUT2D eigenvalue weighted by molar-refractivity contribution is 0.333. The fraction of sp³-hybridized carbons (Fsp3) is 0.529. The monoisotopic (exact) mass is 350 g/mol. The predicted molar refractivity (Wildman–Crippen MR) is 90.6 cm³/mol. The molecule has 1 aliphatic rings. The van der Waals surface area contributed by atoms with Gasteiger partial charge in [-0.2, -0.15) is 0 Å². The lowest BCUT2D eigenvalue weighted by Crippen LogP contribution is -2.28. The third-order valence-electron chi connectivity index (χ3n) is 4.45. The van der Waals surface area contributed by atoms with Crippen LogP contribution in [0.3, 0.4) is 0 Å². The van der Waals surface area contributed by atoms with E-state index in [2.05, 4.69) is 52.1 Å². The van der Waals surface area contributed by atoms with Crippen LogP contribution in [0, 0.1) is 5.92 Å². The summed E-state index contributed by atoms with van der Waals surface area (Å²) in [4.78, 5) is 2.52. The van der Waals surface area contributed by atoms with Gasteiger partial charge in [-0.15, -0.1) is 0 Å². The summed E-state index contributed by atoms with van der Waals surface area (Å²) < 4.78 is 7.04. The van der Waals surface area contributed by atoms with E-state index in [1.54, 1.807) is 0 Å². The molecule has 0 amide bonds. The highest BCUT2D eigenvalue weighted by molar-refractivity contribution is 9.10. The van der Waals surface area contributed by atoms with Gasteiger partial charge in [-0.05, 0) is 63.2 Å². The van der Waals surface area contributed by atoms with Crippen LogP contribution in [0.2, 0.25) is 0 Å². The van der Waals surface area contributed by atoms with Crippen LogP contribution in [0.4, 0.5) is 0 Å². The fourth-order valence-corrected chi connectivity index (χ4v) is 3.44. The summed E-state index contributed by atoms with van der Waals surface area (Å²) in [6, 6.07) is 8.54. The van der Waals surface area contributed by atoms with Crippen molar-refractivity contribution in [3.63, 3.8) is 0 Å². The number of fused-ring (bicyclic) bond motifs is 1. The first-order chi connectivity index (χ1) is 10.2. The molecule has 0 spiro atoms. The number of halogens is 1. The third-order valence-corrected chi connectivity index (χ3v) is 4.95. The average molecular weight is 351 g/mol. The van der Waals surface area contributed by atoms with Crippen LogP contribution in [0.5, 0.6) is 0 Å². The third kappa shape index (κ3) is 3.50. The zero-order valence-corrected chi connectivity index (χ0v) is 14.3. The Kier molecular flexibility index (Phi) is 4.67. The Balaban J connectivity index is 1.60. The molecule has 0 bridgehead atoms. The molecule has 0 saturated carbocycles. The summed E-state index contributed by atoms with van der Waals surface area (Å²) >= 11 is 3.50. The molecule has 2 aromatic rings. The van der Waals surface area contributed by atoms with E-state index in [1.807, 2.05) is 12.1 Å². The Morgan fingerprint density at radius 1 is 1.43 bits per heavy atom. The van der Waals surface area contributed by atoms with Crippen LogP contribution in [-0.2, 0) is 0 Å². The summed E-state index contributed by atoms with van der Waals surface area (Å²) in [7, 11) is 0. The number of hydrogen-bond donors (Lipinski definition) is 1. The molecule has 2 heterocycles. The van der Waals surface area contributed by atoms with Gasteiger partial charge >= 0.3 is 0 Å². The van der Waals surface area contributed by atoms with Crippen molar-refractivity contribution in [2.75, 3.05) is 26.2 Å². The Hall–Kier alpha value is -0.840. The molecule has 4 heteroatoms. The van der Waals surface area contributed by atoms with Gasteiger partial charge < -0.3 is 14.6 Å². The zero-order chi connectivity index (χ0) is 14.8. The van der Waals surface area contributed by atoms with Gasteiger partial charge in [0.25, 0.3) is 0 Å². The Morgan fingerprint density at radius 2 is 2.29 bits per heavy atom. The molecule has 1 aliphatic heterocycles. The number of nitrogens with one attached hydrogen (secondary N) is 1. The van der Waals surface area contributed by atoms with Crippen molar-refractivity contribution in [2.45, 2.75) is 26.3 Å². The molecule has 114 valence electrons. The number of benzene rings is 1. The van der Waals surface area contributed by atoms with Crippen molar-refractivity contribution in [2.24, 2.45) is 5.92 Å². The molecular formula is C17H23BrN2O. The summed E-state index contributed by atoms with van der Waals surface area (Å²) in [5.41, 5.74) is 0.958. The SMILES string of the molecule is CCN1CCC(CNC(C)c2cc3cc(Br)ccc3o2)C1. The number of likely N-dealkylation sites (tertiary alicyclic amines) is 1. The molecular weight excluding hydrogens is 328 g/mol. The highest BCUT2D eigenvalue weighted by Gasteiger charge is 2.22.